The largest absolute Gasteiger partial charge is 0.434 e. The molecule has 5 nitrogen and oxygen atoms in total. The van der Waals surface area contributed by atoms with Crippen LogP contribution in [-0.2, 0) is 0 Å². The molecule has 0 radical (unpaired) electrons. The third kappa shape index (κ3) is 2.31. The molecule has 2 N–H and O–H groups in total. The van der Waals surface area contributed by atoms with E-state index >= 15 is 0 Å². The molecule has 0 atom stereocenters. The van der Waals surface area contributed by atoms with Gasteiger partial charge in [0.25, 0.3) is 0 Å². The molecule has 0 aliphatic rings. The summed E-state index contributed by atoms with van der Waals surface area (Å²) in [4.78, 5) is 7.39. The summed E-state index contributed by atoms with van der Waals surface area (Å²) in [5, 5.41) is 8.61. The number of nitrogens with zero attached hydrogens (tertiary/aromatic N) is 3. The van der Waals surface area contributed by atoms with Crippen LogP contribution in [0.25, 0.3) is 0 Å². The summed E-state index contributed by atoms with van der Waals surface area (Å²) in [5.41, 5.74) is 5.65. The quantitative estimate of drug-likeness (QED) is 0.901. The fourth-order valence-corrected chi connectivity index (χ4v) is 1.33. The van der Waals surface area contributed by atoms with Gasteiger partial charge in [-0.3, -0.25) is 0 Å². The first-order chi connectivity index (χ1) is 8.61. The molecule has 18 heavy (non-hydrogen) atoms. The van der Waals surface area contributed by atoms with E-state index in [-0.39, 0.29) is 28.0 Å². The number of nitriles is 1. The van der Waals surface area contributed by atoms with Crippen LogP contribution >= 0.6 is 11.6 Å². The Labute approximate surface area is 107 Å². The van der Waals surface area contributed by atoms with E-state index < -0.39 is 5.82 Å². The lowest BCUT2D eigenvalue weighted by Crippen LogP contribution is -1.97. The van der Waals surface area contributed by atoms with E-state index in [1.165, 1.54) is 12.1 Å². The first kappa shape index (κ1) is 12.1. The zero-order valence-corrected chi connectivity index (χ0v) is 9.65. The smallest absolute Gasteiger partial charge is 0.243 e. The van der Waals surface area contributed by atoms with Crippen molar-refractivity contribution in [3.05, 3.63) is 40.9 Å². The highest BCUT2D eigenvalue weighted by Crippen LogP contribution is 2.31. The van der Waals surface area contributed by atoms with Gasteiger partial charge in [0.2, 0.25) is 5.88 Å². The van der Waals surface area contributed by atoms with E-state index in [9.17, 15) is 4.39 Å². The highest BCUT2D eigenvalue weighted by atomic mass is 35.5. The van der Waals surface area contributed by atoms with E-state index in [4.69, 9.17) is 27.3 Å². The minimum Gasteiger partial charge on any atom is -0.434 e. The molecule has 2 aromatic rings. The zero-order chi connectivity index (χ0) is 13.1. The van der Waals surface area contributed by atoms with E-state index in [1.54, 1.807) is 0 Å². The Morgan fingerprint density at radius 2 is 2.17 bits per heavy atom. The first-order valence-corrected chi connectivity index (χ1v) is 5.13. The monoisotopic (exact) mass is 264 g/mol. The Morgan fingerprint density at radius 3 is 2.83 bits per heavy atom. The van der Waals surface area contributed by atoms with Gasteiger partial charge in [-0.25, -0.2) is 9.37 Å². The van der Waals surface area contributed by atoms with Crippen molar-refractivity contribution in [2.75, 3.05) is 5.73 Å². The second-order valence-electron chi connectivity index (χ2n) is 3.24. The number of halogens is 2. The number of ether oxygens (including phenoxy) is 1. The summed E-state index contributed by atoms with van der Waals surface area (Å²) in [6, 6.07) is 5.58. The minimum atomic E-state index is -0.692. The molecule has 0 saturated heterocycles. The maximum absolute atomic E-state index is 13.6. The van der Waals surface area contributed by atoms with Crippen molar-refractivity contribution in [2.45, 2.75) is 0 Å². The highest BCUT2D eigenvalue weighted by molar-refractivity contribution is 6.34. The highest BCUT2D eigenvalue weighted by Gasteiger charge is 2.12. The summed E-state index contributed by atoms with van der Waals surface area (Å²) in [5.74, 6) is -0.806. The molecule has 1 aromatic carbocycles. The molecule has 1 aromatic heterocycles. The Morgan fingerprint density at radius 1 is 1.39 bits per heavy atom. The SMILES string of the molecule is N#Cc1ccc(Oc2ncnc(N)c2Cl)c(F)c1. The molecule has 0 fully saturated rings. The fourth-order valence-electron chi connectivity index (χ4n) is 1.19. The van der Waals surface area contributed by atoms with E-state index in [0.717, 1.165) is 12.4 Å². The lowest BCUT2D eigenvalue weighted by atomic mass is 10.2. The van der Waals surface area contributed by atoms with E-state index in [0.29, 0.717) is 0 Å². The number of aromatic nitrogens is 2. The van der Waals surface area contributed by atoms with Crippen molar-refractivity contribution in [1.29, 1.82) is 5.26 Å². The van der Waals surface area contributed by atoms with Crippen LogP contribution in [0, 0.1) is 17.1 Å². The fraction of sp³-hybridized carbons (Fsp3) is 0. The van der Waals surface area contributed by atoms with Crippen molar-refractivity contribution in [1.82, 2.24) is 9.97 Å². The summed E-state index contributed by atoms with van der Waals surface area (Å²) < 4.78 is 18.7. The van der Waals surface area contributed by atoms with Crippen LogP contribution in [-0.4, -0.2) is 9.97 Å². The van der Waals surface area contributed by atoms with E-state index in [1.807, 2.05) is 6.07 Å². The molecule has 1 heterocycles. The summed E-state index contributed by atoms with van der Waals surface area (Å²) in [6.07, 6.45) is 1.15. The number of rotatable bonds is 2. The van der Waals surface area contributed by atoms with Crippen LogP contribution in [0.4, 0.5) is 10.2 Å². The van der Waals surface area contributed by atoms with Gasteiger partial charge < -0.3 is 10.5 Å². The van der Waals surface area contributed by atoms with Gasteiger partial charge in [-0.05, 0) is 18.2 Å². The summed E-state index contributed by atoms with van der Waals surface area (Å²) >= 11 is 5.80. The predicted molar refractivity (Wildman–Crippen MR) is 62.6 cm³/mol. The summed E-state index contributed by atoms with van der Waals surface area (Å²) in [6.45, 7) is 0. The lowest BCUT2D eigenvalue weighted by Gasteiger charge is -2.07. The number of benzene rings is 1. The average Bonchev–Trinajstić information content (AvgIpc) is 2.37. The molecule has 0 spiro atoms. The van der Waals surface area contributed by atoms with Gasteiger partial charge in [0, 0.05) is 0 Å². The Balaban J connectivity index is 2.35. The van der Waals surface area contributed by atoms with Gasteiger partial charge in [0.05, 0.1) is 11.6 Å². The molecule has 7 heteroatoms. The number of hydrogen-bond donors (Lipinski definition) is 1. The van der Waals surface area contributed by atoms with Crippen molar-refractivity contribution >= 4 is 17.4 Å². The maximum Gasteiger partial charge on any atom is 0.243 e. The molecule has 0 bridgehead atoms. The van der Waals surface area contributed by atoms with Crippen LogP contribution in [0.2, 0.25) is 5.02 Å². The zero-order valence-electron chi connectivity index (χ0n) is 8.89. The number of hydrogen-bond acceptors (Lipinski definition) is 5. The number of nitrogens with two attached hydrogens (primary N) is 1. The second kappa shape index (κ2) is 4.85. The normalized spacial score (nSPS) is 9.83. The van der Waals surface area contributed by atoms with Crippen molar-refractivity contribution < 1.29 is 9.13 Å². The van der Waals surface area contributed by atoms with Crippen LogP contribution in [0.15, 0.2) is 24.5 Å². The first-order valence-electron chi connectivity index (χ1n) is 4.75. The molecule has 0 saturated carbocycles. The van der Waals surface area contributed by atoms with Gasteiger partial charge in [-0.2, -0.15) is 10.2 Å². The third-order valence-electron chi connectivity index (χ3n) is 2.05. The van der Waals surface area contributed by atoms with Crippen LogP contribution in [0.3, 0.4) is 0 Å². The minimum absolute atomic E-state index is 0.00117. The molecule has 0 aliphatic heterocycles. The molecule has 0 amide bonds. The van der Waals surface area contributed by atoms with Crippen molar-refractivity contribution in [3.8, 4) is 17.7 Å². The molecule has 0 unspecified atom stereocenters. The Bertz CT molecular complexity index is 641. The Kier molecular flexibility index (Phi) is 3.26. The predicted octanol–water partition coefficient (Wildman–Crippen LogP) is 2.52. The summed E-state index contributed by atoms with van der Waals surface area (Å²) in [7, 11) is 0. The van der Waals surface area contributed by atoms with E-state index in [2.05, 4.69) is 9.97 Å². The average molecular weight is 265 g/mol. The lowest BCUT2D eigenvalue weighted by molar-refractivity contribution is 0.427. The van der Waals surface area contributed by atoms with Crippen LogP contribution in [0.1, 0.15) is 5.56 Å². The standard InChI is InChI=1S/C11H6ClFN4O/c12-9-10(15)16-5-17-11(9)18-8-2-1-6(4-14)3-7(8)13/h1-3,5H,(H2,15,16,17). The Hall–Kier alpha value is -2.39. The van der Waals surface area contributed by atoms with Crippen molar-refractivity contribution in [3.63, 3.8) is 0 Å². The number of nitrogen functional groups attached to an aromatic ring is 1. The van der Waals surface area contributed by atoms with Crippen LogP contribution < -0.4 is 10.5 Å². The second-order valence-corrected chi connectivity index (χ2v) is 3.62. The van der Waals surface area contributed by atoms with Gasteiger partial charge in [-0.1, -0.05) is 11.6 Å². The topological polar surface area (TPSA) is 84.8 Å². The van der Waals surface area contributed by atoms with Crippen molar-refractivity contribution in [2.24, 2.45) is 0 Å². The molecule has 90 valence electrons. The van der Waals surface area contributed by atoms with Gasteiger partial charge in [0.15, 0.2) is 11.6 Å². The van der Waals surface area contributed by atoms with Crippen LogP contribution in [0.5, 0.6) is 11.6 Å². The maximum atomic E-state index is 13.6. The van der Waals surface area contributed by atoms with Gasteiger partial charge >= 0.3 is 0 Å². The number of anilines is 1. The van der Waals surface area contributed by atoms with Gasteiger partial charge in [-0.15, -0.1) is 0 Å². The third-order valence-corrected chi connectivity index (χ3v) is 2.41. The molecule has 0 aliphatic carbocycles. The van der Waals surface area contributed by atoms with Gasteiger partial charge in [0.1, 0.15) is 17.2 Å². The molecule has 2 rings (SSSR count). The molecular formula is C11H6ClFN4O. The molecular weight excluding hydrogens is 259 g/mol.